The number of hydrogen-bond donors (Lipinski definition) is 1. The lowest BCUT2D eigenvalue weighted by atomic mass is 9.95. The van der Waals surface area contributed by atoms with Crippen LogP contribution in [0.2, 0.25) is 5.15 Å². The van der Waals surface area contributed by atoms with E-state index in [1.807, 2.05) is 19.9 Å². The fourth-order valence-corrected chi connectivity index (χ4v) is 3.84. The van der Waals surface area contributed by atoms with Crippen LogP contribution in [0.25, 0.3) is 0 Å². The van der Waals surface area contributed by atoms with E-state index in [1.54, 1.807) is 0 Å². The third kappa shape index (κ3) is 5.12. The van der Waals surface area contributed by atoms with E-state index in [2.05, 4.69) is 42.3 Å². The van der Waals surface area contributed by atoms with Crippen LogP contribution in [0.5, 0.6) is 0 Å². The van der Waals surface area contributed by atoms with Crippen LogP contribution in [0.4, 0.5) is 0 Å². The lowest BCUT2D eigenvalue weighted by Crippen LogP contribution is -2.47. The Bertz CT molecular complexity index is 877. The van der Waals surface area contributed by atoms with Gasteiger partial charge in [-0.3, -0.25) is 4.79 Å². The number of fused-ring (bicyclic) bond motifs is 1. The molecule has 0 spiro atoms. The van der Waals surface area contributed by atoms with Crippen LogP contribution in [0.15, 0.2) is 24.3 Å². The number of nitrogens with one attached hydrogen (secondary N) is 1. The summed E-state index contributed by atoms with van der Waals surface area (Å²) < 4.78 is 5.90. The standard InChI is InChI=1S/C23H29ClN2O2/c1-15-9-10-18(16(2)11-15)13-28-14-23(3,4)26-22(27)19-12-17-7-5-6-8-20(17)25-21(19)24/h9-12H,5-8,13-14H2,1-4H3,(H,26,27). The van der Waals surface area contributed by atoms with Crippen molar-refractivity contribution in [2.75, 3.05) is 6.61 Å². The minimum Gasteiger partial charge on any atom is -0.374 e. The number of hydrogen-bond acceptors (Lipinski definition) is 3. The van der Waals surface area contributed by atoms with Crippen molar-refractivity contribution in [2.45, 2.75) is 65.5 Å². The number of ether oxygens (including phenoxy) is 1. The number of benzene rings is 1. The van der Waals surface area contributed by atoms with Gasteiger partial charge in [-0.05, 0) is 76.1 Å². The summed E-state index contributed by atoms with van der Waals surface area (Å²) >= 11 is 6.30. The smallest absolute Gasteiger partial charge is 0.254 e. The van der Waals surface area contributed by atoms with Gasteiger partial charge in [-0.15, -0.1) is 0 Å². The van der Waals surface area contributed by atoms with Gasteiger partial charge in [-0.1, -0.05) is 35.4 Å². The van der Waals surface area contributed by atoms with Gasteiger partial charge in [-0.25, -0.2) is 4.98 Å². The zero-order valence-electron chi connectivity index (χ0n) is 17.2. The van der Waals surface area contributed by atoms with Crippen molar-refractivity contribution in [3.8, 4) is 0 Å². The fraction of sp³-hybridized carbons (Fsp3) is 0.478. The number of halogens is 1. The van der Waals surface area contributed by atoms with Crippen molar-refractivity contribution in [1.82, 2.24) is 10.3 Å². The predicted molar refractivity (Wildman–Crippen MR) is 113 cm³/mol. The number of aromatic nitrogens is 1. The second-order valence-corrected chi connectivity index (χ2v) is 8.76. The van der Waals surface area contributed by atoms with Gasteiger partial charge in [-0.2, -0.15) is 0 Å². The maximum atomic E-state index is 12.8. The minimum absolute atomic E-state index is 0.203. The van der Waals surface area contributed by atoms with Gasteiger partial charge in [0.05, 0.1) is 24.3 Å². The number of carbonyl (C=O) groups is 1. The third-order valence-corrected chi connectivity index (χ3v) is 5.46. The predicted octanol–water partition coefficient (Wildman–Crippen LogP) is 4.96. The molecule has 1 heterocycles. The molecule has 150 valence electrons. The van der Waals surface area contributed by atoms with Gasteiger partial charge in [0, 0.05) is 5.69 Å². The Kier molecular flexibility index (Phi) is 6.41. The van der Waals surface area contributed by atoms with Crippen LogP contribution in [-0.2, 0) is 24.2 Å². The topological polar surface area (TPSA) is 51.2 Å². The third-order valence-electron chi connectivity index (χ3n) is 5.17. The summed E-state index contributed by atoms with van der Waals surface area (Å²) in [4.78, 5) is 17.3. The highest BCUT2D eigenvalue weighted by atomic mass is 35.5. The van der Waals surface area contributed by atoms with E-state index in [0.717, 1.165) is 42.5 Å². The number of aryl methyl sites for hydroxylation is 4. The normalized spacial score (nSPS) is 13.9. The van der Waals surface area contributed by atoms with Crippen LogP contribution in [-0.4, -0.2) is 23.0 Å². The fourth-order valence-electron chi connectivity index (χ4n) is 3.60. The van der Waals surface area contributed by atoms with E-state index in [4.69, 9.17) is 16.3 Å². The van der Waals surface area contributed by atoms with Gasteiger partial charge in [0.2, 0.25) is 0 Å². The Morgan fingerprint density at radius 2 is 1.96 bits per heavy atom. The van der Waals surface area contributed by atoms with Crippen LogP contribution in [0.1, 0.15) is 65.0 Å². The van der Waals surface area contributed by atoms with E-state index in [-0.39, 0.29) is 11.1 Å². The van der Waals surface area contributed by atoms with Crippen LogP contribution >= 0.6 is 11.6 Å². The molecule has 1 amide bonds. The molecule has 2 aromatic rings. The molecule has 3 rings (SSSR count). The summed E-state index contributed by atoms with van der Waals surface area (Å²) in [5.74, 6) is -0.203. The molecule has 1 N–H and O–H groups in total. The molecule has 5 heteroatoms. The number of nitrogens with zero attached hydrogens (tertiary/aromatic N) is 1. The summed E-state index contributed by atoms with van der Waals surface area (Å²) in [5.41, 5.74) is 5.72. The first-order chi connectivity index (χ1) is 13.2. The Morgan fingerprint density at radius 3 is 2.71 bits per heavy atom. The number of rotatable bonds is 6. The molecular weight excluding hydrogens is 372 g/mol. The maximum absolute atomic E-state index is 12.8. The molecule has 0 radical (unpaired) electrons. The Balaban J connectivity index is 1.61. The first-order valence-electron chi connectivity index (χ1n) is 9.90. The highest BCUT2D eigenvalue weighted by molar-refractivity contribution is 6.32. The van der Waals surface area contributed by atoms with Gasteiger partial charge in [0.15, 0.2) is 0 Å². The molecule has 0 saturated heterocycles. The summed E-state index contributed by atoms with van der Waals surface area (Å²) in [7, 11) is 0. The Hall–Kier alpha value is -1.91. The summed E-state index contributed by atoms with van der Waals surface area (Å²) in [6.07, 6.45) is 4.17. The number of pyridine rings is 1. The summed E-state index contributed by atoms with van der Waals surface area (Å²) in [6.45, 7) is 8.99. The summed E-state index contributed by atoms with van der Waals surface area (Å²) in [5, 5.41) is 3.32. The molecule has 4 nitrogen and oxygen atoms in total. The summed E-state index contributed by atoms with van der Waals surface area (Å²) in [6, 6.07) is 8.24. The first-order valence-corrected chi connectivity index (χ1v) is 10.3. The monoisotopic (exact) mass is 400 g/mol. The zero-order valence-corrected chi connectivity index (χ0v) is 17.9. The molecule has 1 aliphatic carbocycles. The second kappa shape index (κ2) is 8.62. The van der Waals surface area contributed by atoms with Crippen molar-refractivity contribution < 1.29 is 9.53 Å². The second-order valence-electron chi connectivity index (χ2n) is 8.40. The number of amides is 1. The molecule has 0 bridgehead atoms. The first kappa shape index (κ1) is 20.8. The molecule has 1 aliphatic rings. The maximum Gasteiger partial charge on any atom is 0.254 e. The average molecular weight is 401 g/mol. The lowest BCUT2D eigenvalue weighted by Gasteiger charge is -2.27. The lowest BCUT2D eigenvalue weighted by molar-refractivity contribution is 0.0615. The van der Waals surface area contributed by atoms with Crippen LogP contribution in [0.3, 0.4) is 0 Å². The highest BCUT2D eigenvalue weighted by Gasteiger charge is 2.25. The van der Waals surface area contributed by atoms with E-state index in [9.17, 15) is 4.79 Å². The van der Waals surface area contributed by atoms with Crippen molar-refractivity contribution >= 4 is 17.5 Å². The van der Waals surface area contributed by atoms with Crippen LogP contribution in [0, 0.1) is 13.8 Å². The average Bonchev–Trinajstić information content (AvgIpc) is 2.62. The van der Waals surface area contributed by atoms with Crippen molar-refractivity contribution in [1.29, 1.82) is 0 Å². The highest BCUT2D eigenvalue weighted by Crippen LogP contribution is 2.25. The Labute approximate surface area is 172 Å². The molecule has 0 unspecified atom stereocenters. The minimum atomic E-state index is -0.519. The molecule has 0 fully saturated rings. The molecule has 28 heavy (non-hydrogen) atoms. The van der Waals surface area contributed by atoms with E-state index >= 15 is 0 Å². The number of carbonyl (C=O) groups excluding carboxylic acids is 1. The molecule has 1 aromatic heterocycles. The van der Waals surface area contributed by atoms with E-state index in [1.165, 1.54) is 11.1 Å². The zero-order chi connectivity index (χ0) is 20.3. The van der Waals surface area contributed by atoms with Gasteiger partial charge < -0.3 is 10.1 Å². The van der Waals surface area contributed by atoms with Crippen molar-refractivity contribution in [3.63, 3.8) is 0 Å². The van der Waals surface area contributed by atoms with Gasteiger partial charge in [0.1, 0.15) is 5.15 Å². The molecule has 0 atom stereocenters. The quantitative estimate of drug-likeness (QED) is 0.697. The molecule has 1 aromatic carbocycles. The van der Waals surface area contributed by atoms with Gasteiger partial charge >= 0.3 is 0 Å². The van der Waals surface area contributed by atoms with E-state index in [0.29, 0.717) is 18.8 Å². The Morgan fingerprint density at radius 1 is 1.21 bits per heavy atom. The molecule has 0 saturated carbocycles. The SMILES string of the molecule is Cc1ccc(COCC(C)(C)NC(=O)c2cc3c(nc2Cl)CCCC3)c(C)c1. The van der Waals surface area contributed by atoms with Crippen molar-refractivity contribution in [2.24, 2.45) is 0 Å². The van der Waals surface area contributed by atoms with Gasteiger partial charge in [0.25, 0.3) is 5.91 Å². The molecule has 0 aliphatic heterocycles. The molecular formula is C23H29ClN2O2. The van der Waals surface area contributed by atoms with Crippen LogP contribution < -0.4 is 5.32 Å². The largest absolute Gasteiger partial charge is 0.374 e. The van der Waals surface area contributed by atoms with Crippen molar-refractivity contribution in [3.05, 3.63) is 62.9 Å². The van der Waals surface area contributed by atoms with E-state index < -0.39 is 5.54 Å².